The number of thioether (sulfide) groups is 1. The van der Waals surface area contributed by atoms with E-state index in [1.54, 1.807) is 0 Å². The molecule has 2 atom stereocenters. The number of amides is 2. The monoisotopic (exact) mass is 349 g/mol. The fraction of sp³-hybridized carbons (Fsp3) is 0.583. The van der Waals surface area contributed by atoms with Crippen molar-refractivity contribution in [1.82, 2.24) is 10.6 Å². The zero-order valence-electron chi connectivity index (χ0n) is 12.4. The Bertz CT molecular complexity index is 483. The van der Waals surface area contributed by atoms with Gasteiger partial charge in [-0.1, -0.05) is 11.8 Å². The number of carboxylic acid groups (broad SMARTS) is 2. The average molecular weight is 349 g/mol. The third-order valence-electron chi connectivity index (χ3n) is 2.52. The molecule has 23 heavy (non-hydrogen) atoms. The third kappa shape index (κ3) is 10.3. The first-order chi connectivity index (χ1) is 10.6. The Morgan fingerprint density at radius 1 is 1.17 bits per heavy atom. The molecule has 0 radical (unpaired) electrons. The summed E-state index contributed by atoms with van der Waals surface area (Å²) in [6, 6.07) is -2.32. The molecule has 0 aliphatic rings. The molecule has 10 nitrogen and oxygen atoms in total. The Labute approximate surface area is 136 Å². The maximum Gasteiger partial charge on any atom is 0.322 e. The van der Waals surface area contributed by atoms with Crippen molar-refractivity contribution < 1.29 is 34.2 Å². The number of hydrogen-bond donors (Lipinski definition) is 5. The SMILES string of the molecule is CC(=O)SC[C@@H](NC(=O)CC[C@@H](N)C(=O)O)C(=O)NCC(=O)O. The van der Waals surface area contributed by atoms with Gasteiger partial charge in [0.05, 0.1) is 0 Å². The molecule has 130 valence electrons. The van der Waals surface area contributed by atoms with E-state index in [0.717, 1.165) is 11.8 Å². The highest BCUT2D eigenvalue weighted by Crippen LogP contribution is 2.05. The standard InChI is InChI=1S/C12H19N3O7S/c1-6(16)23-5-8(11(20)14-4-10(18)19)15-9(17)3-2-7(13)12(21)22/h7-8H,2-5,13H2,1H3,(H,14,20)(H,15,17)(H,18,19)(H,21,22)/t7-,8-/m1/s1. The number of nitrogens with one attached hydrogen (secondary N) is 2. The highest BCUT2D eigenvalue weighted by Gasteiger charge is 2.23. The zero-order chi connectivity index (χ0) is 18.0. The van der Waals surface area contributed by atoms with Crippen LogP contribution in [-0.4, -0.2) is 63.5 Å². The van der Waals surface area contributed by atoms with E-state index in [2.05, 4.69) is 10.6 Å². The molecule has 0 fully saturated rings. The van der Waals surface area contributed by atoms with E-state index >= 15 is 0 Å². The van der Waals surface area contributed by atoms with E-state index in [4.69, 9.17) is 15.9 Å². The molecule has 0 rings (SSSR count). The smallest absolute Gasteiger partial charge is 0.322 e. The van der Waals surface area contributed by atoms with Crippen LogP contribution < -0.4 is 16.4 Å². The topological polar surface area (TPSA) is 176 Å². The van der Waals surface area contributed by atoms with Gasteiger partial charge in [0, 0.05) is 19.1 Å². The summed E-state index contributed by atoms with van der Waals surface area (Å²) in [5, 5.41) is 21.3. The van der Waals surface area contributed by atoms with Crippen LogP contribution in [0.1, 0.15) is 19.8 Å². The summed E-state index contributed by atoms with van der Waals surface area (Å²) in [5.41, 5.74) is 5.26. The van der Waals surface area contributed by atoms with E-state index in [0.29, 0.717) is 0 Å². The fourth-order valence-corrected chi connectivity index (χ4v) is 1.98. The molecule has 0 saturated heterocycles. The Hall–Kier alpha value is -2.14. The van der Waals surface area contributed by atoms with Crippen molar-refractivity contribution in [3.8, 4) is 0 Å². The van der Waals surface area contributed by atoms with Crippen LogP contribution in [0.2, 0.25) is 0 Å². The van der Waals surface area contributed by atoms with Crippen molar-refractivity contribution in [3.05, 3.63) is 0 Å². The summed E-state index contributed by atoms with van der Waals surface area (Å²) in [7, 11) is 0. The predicted molar refractivity (Wildman–Crippen MR) is 80.6 cm³/mol. The minimum Gasteiger partial charge on any atom is -0.480 e. The number of hydrogen-bond acceptors (Lipinski definition) is 7. The summed E-state index contributed by atoms with van der Waals surface area (Å²) in [4.78, 5) is 55.5. The molecule has 0 saturated carbocycles. The van der Waals surface area contributed by atoms with Crippen molar-refractivity contribution in [2.45, 2.75) is 31.8 Å². The van der Waals surface area contributed by atoms with Gasteiger partial charge in [-0.25, -0.2) is 0 Å². The predicted octanol–water partition coefficient (Wildman–Crippen LogP) is -1.86. The van der Waals surface area contributed by atoms with Crippen LogP contribution in [0, 0.1) is 0 Å². The molecule has 2 amide bonds. The van der Waals surface area contributed by atoms with Crippen molar-refractivity contribution in [3.63, 3.8) is 0 Å². The number of rotatable bonds is 10. The summed E-state index contributed by atoms with van der Waals surface area (Å²) < 4.78 is 0. The van der Waals surface area contributed by atoms with Crippen LogP contribution in [0.3, 0.4) is 0 Å². The van der Waals surface area contributed by atoms with Crippen LogP contribution in [0.4, 0.5) is 0 Å². The fourth-order valence-electron chi connectivity index (χ4n) is 1.35. The number of nitrogens with two attached hydrogens (primary N) is 1. The van der Waals surface area contributed by atoms with Crippen LogP contribution in [0.15, 0.2) is 0 Å². The van der Waals surface area contributed by atoms with E-state index in [-0.39, 0.29) is 23.7 Å². The second kappa shape index (κ2) is 10.6. The lowest BCUT2D eigenvalue weighted by Gasteiger charge is -2.17. The van der Waals surface area contributed by atoms with Crippen molar-refractivity contribution in [2.24, 2.45) is 5.73 Å². The van der Waals surface area contributed by atoms with E-state index in [9.17, 15) is 24.0 Å². The normalized spacial score (nSPS) is 12.8. The molecule has 0 bridgehead atoms. The molecule has 0 aromatic heterocycles. The molecule has 0 aromatic carbocycles. The molecular weight excluding hydrogens is 330 g/mol. The summed E-state index contributed by atoms with van der Waals surface area (Å²) in [5.74, 6) is -3.95. The van der Waals surface area contributed by atoms with Gasteiger partial charge < -0.3 is 26.6 Å². The van der Waals surface area contributed by atoms with Crippen LogP contribution >= 0.6 is 11.8 Å². The molecule has 0 aliphatic carbocycles. The molecule has 11 heteroatoms. The van der Waals surface area contributed by atoms with Gasteiger partial charge in [0.15, 0.2) is 5.12 Å². The minimum absolute atomic E-state index is 0.0719. The van der Waals surface area contributed by atoms with Gasteiger partial charge in [0.1, 0.15) is 18.6 Å². The molecule has 0 spiro atoms. The maximum atomic E-state index is 11.8. The largest absolute Gasteiger partial charge is 0.480 e. The van der Waals surface area contributed by atoms with Gasteiger partial charge in [0.25, 0.3) is 0 Å². The highest BCUT2D eigenvalue weighted by atomic mass is 32.2. The summed E-state index contributed by atoms with van der Waals surface area (Å²) >= 11 is 0.793. The van der Waals surface area contributed by atoms with Gasteiger partial charge in [-0.05, 0) is 6.42 Å². The first-order valence-electron chi connectivity index (χ1n) is 6.54. The van der Waals surface area contributed by atoms with Crippen LogP contribution in [0.25, 0.3) is 0 Å². The maximum absolute atomic E-state index is 11.8. The van der Waals surface area contributed by atoms with E-state index in [1.165, 1.54) is 6.92 Å². The molecule has 6 N–H and O–H groups in total. The highest BCUT2D eigenvalue weighted by molar-refractivity contribution is 8.13. The number of carboxylic acids is 2. The van der Waals surface area contributed by atoms with Crippen molar-refractivity contribution >= 4 is 40.6 Å². The summed E-state index contributed by atoms with van der Waals surface area (Å²) in [6.45, 7) is 0.657. The first kappa shape index (κ1) is 20.9. The quantitative estimate of drug-likeness (QED) is 0.303. The van der Waals surface area contributed by atoms with Gasteiger partial charge in [-0.2, -0.15) is 0 Å². The van der Waals surface area contributed by atoms with Gasteiger partial charge in [-0.3, -0.25) is 24.0 Å². The third-order valence-corrected chi connectivity index (χ3v) is 3.42. The number of carbonyl (C=O) groups is 5. The molecule has 0 aromatic rings. The van der Waals surface area contributed by atoms with E-state index < -0.39 is 42.4 Å². The average Bonchev–Trinajstić information content (AvgIpc) is 2.45. The zero-order valence-corrected chi connectivity index (χ0v) is 13.2. The second-order valence-corrected chi connectivity index (χ2v) is 5.71. The molecular formula is C12H19N3O7S. The molecule has 0 heterocycles. The Kier molecular flexibility index (Phi) is 9.58. The Balaban J connectivity index is 4.57. The van der Waals surface area contributed by atoms with Crippen LogP contribution in [-0.2, 0) is 24.0 Å². The van der Waals surface area contributed by atoms with Crippen molar-refractivity contribution in [1.29, 1.82) is 0 Å². The lowest BCUT2D eigenvalue weighted by atomic mass is 10.1. The number of aliphatic carboxylic acids is 2. The van der Waals surface area contributed by atoms with Gasteiger partial charge in [-0.15, -0.1) is 0 Å². The molecule has 0 unspecified atom stereocenters. The Morgan fingerprint density at radius 3 is 2.26 bits per heavy atom. The lowest BCUT2D eigenvalue weighted by Crippen LogP contribution is -2.49. The Morgan fingerprint density at radius 2 is 1.78 bits per heavy atom. The second-order valence-electron chi connectivity index (χ2n) is 4.52. The summed E-state index contributed by atoms with van der Waals surface area (Å²) in [6.07, 6.45) is -0.342. The first-order valence-corrected chi connectivity index (χ1v) is 7.52. The lowest BCUT2D eigenvalue weighted by molar-refractivity contribution is -0.139. The molecule has 0 aliphatic heterocycles. The van der Waals surface area contributed by atoms with Gasteiger partial charge >= 0.3 is 11.9 Å². The number of carbonyl (C=O) groups excluding carboxylic acids is 3. The minimum atomic E-state index is -1.25. The van der Waals surface area contributed by atoms with E-state index in [1.807, 2.05) is 0 Å². The van der Waals surface area contributed by atoms with Crippen molar-refractivity contribution in [2.75, 3.05) is 12.3 Å². The van der Waals surface area contributed by atoms with Crippen LogP contribution in [0.5, 0.6) is 0 Å². The van der Waals surface area contributed by atoms with Gasteiger partial charge in [0.2, 0.25) is 11.8 Å².